The lowest BCUT2D eigenvalue weighted by atomic mass is 9.88. The number of aromatic nitrogens is 2. The van der Waals surface area contributed by atoms with Gasteiger partial charge in [0.1, 0.15) is 39.1 Å². The molecule has 0 radical (unpaired) electrons. The third-order valence-corrected chi connectivity index (χ3v) is 10.7. The first kappa shape index (κ1) is 24.7. The third kappa shape index (κ3) is 3.90. The molecule has 0 saturated carbocycles. The van der Waals surface area contributed by atoms with Crippen molar-refractivity contribution in [2.75, 3.05) is 6.54 Å². The van der Waals surface area contributed by atoms with Crippen LogP contribution >= 0.6 is 11.6 Å². The van der Waals surface area contributed by atoms with Gasteiger partial charge in [-0.1, -0.05) is 18.0 Å². The predicted molar refractivity (Wildman–Crippen MR) is 128 cm³/mol. The first-order valence-electron chi connectivity index (χ1n) is 11.0. The highest BCUT2D eigenvalue weighted by Crippen LogP contribution is 2.46. The van der Waals surface area contributed by atoms with Crippen molar-refractivity contribution in [3.63, 3.8) is 0 Å². The van der Waals surface area contributed by atoms with Crippen LogP contribution in [0.2, 0.25) is 5.02 Å². The Hall–Kier alpha value is -2.46. The lowest BCUT2D eigenvalue weighted by Crippen LogP contribution is -2.59. The van der Waals surface area contributed by atoms with Crippen molar-refractivity contribution in [1.82, 2.24) is 9.97 Å². The van der Waals surface area contributed by atoms with Crippen molar-refractivity contribution >= 4 is 32.9 Å². The van der Waals surface area contributed by atoms with Crippen LogP contribution in [0, 0.1) is 11.6 Å². The van der Waals surface area contributed by atoms with Gasteiger partial charge >= 0.3 is 0 Å². The maximum absolute atomic E-state index is 15.2. The minimum Gasteiger partial charge on any atom is -0.386 e. The smallest absolute Gasteiger partial charge is 0.188 e. The quantitative estimate of drug-likeness (QED) is 0.620. The Balaban J connectivity index is 1.80. The van der Waals surface area contributed by atoms with Crippen molar-refractivity contribution in [2.45, 2.75) is 62.0 Å². The number of amidine groups is 1. The monoisotopic (exact) mass is 509 g/mol. The standard InChI is InChI=1S/C23H26ClF2N5O2S/c1-22(2)21(27)31-23(3,18-6-4-5-9-29-34(18,22)33)20-16(26)8-7-14(30-20)11-17(32)19-15(24)10-13(25)12-28-19/h7-8,10,12,18H,4-6,9,11H2,1-3H3,(H2,27,31)/t18-,23-,34+/m0/s1. The molecule has 2 aliphatic heterocycles. The lowest BCUT2D eigenvalue weighted by molar-refractivity contribution is 0.0987. The number of rotatable bonds is 4. The van der Waals surface area contributed by atoms with Gasteiger partial charge in [-0.05, 0) is 51.8 Å². The molecule has 4 rings (SSSR count). The normalized spacial score (nSPS) is 28.3. The van der Waals surface area contributed by atoms with Gasteiger partial charge in [-0.25, -0.2) is 22.3 Å². The van der Waals surface area contributed by atoms with E-state index in [1.165, 1.54) is 12.1 Å². The van der Waals surface area contributed by atoms with Gasteiger partial charge in [-0.3, -0.25) is 14.8 Å². The second kappa shape index (κ2) is 8.64. The van der Waals surface area contributed by atoms with Crippen LogP contribution in [-0.2, 0) is 21.7 Å². The molecule has 7 nitrogen and oxygen atoms in total. The molecule has 2 aromatic rings. The summed E-state index contributed by atoms with van der Waals surface area (Å²) in [6, 6.07) is 3.59. The Morgan fingerprint density at radius 3 is 2.71 bits per heavy atom. The topological polar surface area (TPSA) is 111 Å². The predicted octanol–water partition coefficient (Wildman–Crippen LogP) is 4.22. The second-order valence-corrected chi connectivity index (χ2v) is 12.7. The van der Waals surface area contributed by atoms with Crippen LogP contribution in [0.1, 0.15) is 61.9 Å². The van der Waals surface area contributed by atoms with Gasteiger partial charge in [0.15, 0.2) is 5.78 Å². The number of carbonyl (C=O) groups excluding carboxylic acids is 1. The third-order valence-electron chi connectivity index (χ3n) is 6.67. The lowest BCUT2D eigenvalue weighted by Gasteiger charge is -2.46. The van der Waals surface area contributed by atoms with Crippen LogP contribution in [0.5, 0.6) is 0 Å². The van der Waals surface area contributed by atoms with Gasteiger partial charge in [0.25, 0.3) is 0 Å². The SMILES string of the molecule is CC1(C)C(N)=N[C@](C)(c2nc(CC(=O)c3ncc(F)cc3Cl)ccc2F)[C@@H]2CCCCN=[S@@]21=O. The van der Waals surface area contributed by atoms with Crippen molar-refractivity contribution in [2.24, 2.45) is 15.1 Å². The largest absolute Gasteiger partial charge is 0.386 e. The summed E-state index contributed by atoms with van der Waals surface area (Å²) >= 11 is 5.96. The van der Waals surface area contributed by atoms with Gasteiger partial charge in [0, 0.05) is 12.2 Å². The zero-order valence-electron chi connectivity index (χ0n) is 19.1. The van der Waals surface area contributed by atoms with E-state index in [2.05, 4.69) is 19.3 Å². The van der Waals surface area contributed by atoms with Gasteiger partial charge in [0.05, 0.1) is 32.6 Å². The van der Waals surface area contributed by atoms with E-state index in [4.69, 9.17) is 17.3 Å². The van der Waals surface area contributed by atoms with Crippen LogP contribution < -0.4 is 5.73 Å². The minimum absolute atomic E-state index is 0.0377. The second-order valence-electron chi connectivity index (χ2n) is 9.28. The molecule has 2 aromatic heterocycles. The van der Waals surface area contributed by atoms with Crippen LogP contribution in [-0.4, -0.2) is 42.3 Å². The molecule has 2 aliphatic rings. The highest BCUT2D eigenvalue weighted by atomic mass is 35.5. The number of nitrogens with two attached hydrogens (primary N) is 1. The van der Waals surface area contributed by atoms with E-state index in [0.717, 1.165) is 25.1 Å². The molecule has 34 heavy (non-hydrogen) atoms. The number of halogens is 3. The number of Topliss-reactive ketones (excluding diaryl/α,β-unsaturated/α-hetero) is 1. The summed E-state index contributed by atoms with van der Waals surface area (Å²) < 4.78 is 46.4. The highest BCUT2D eigenvalue weighted by Gasteiger charge is 2.56. The molecule has 0 unspecified atom stereocenters. The number of ketones is 1. The fourth-order valence-electron chi connectivity index (χ4n) is 4.62. The summed E-state index contributed by atoms with van der Waals surface area (Å²) in [4.78, 5) is 25.6. The van der Waals surface area contributed by atoms with Crippen LogP contribution in [0.3, 0.4) is 0 Å². The molecule has 182 valence electrons. The number of hydrogen-bond donors (Lipinski definition) is 1. The van der Waals surface area contributed by atoms with Gasteiger partial charge in [0.2, 0.25) is 0 Å². The molecule has 2 N–H and O–H groups in total. The fraction of sp³-hybridized carbons (Fsp3) is 0.478. The molecule has 11 heteroatoms. The Morgan fingerprint density at radius 1 is 1.26 bits per heavy atom. The number of hydrogen-bond acceptors (Lipinski definition) is 7. The zero-order valence-corrected chi connectivity index (χ0v) is 20.7. The minimum atomic E-state index is -2.92. The molecule has 0 spiro atoms. The summed E-state index contributed by atoms with van der Waals surface area (Å²) in [5, 5.41) is -0.725. The highest BCUT2D eigenvalue weighted by molar-refractivity contribution is 7.96. The summed E-state index contributed by atoms with van der Waals surface area (Å²) in [7, 11) is -2.92. The Morgan fingerprint density at radius 2 is 2.00 bits per heavy atom. The number of fused-ring (bicyclic) bond motifs is 1. The summed E-state index contributed by atoms with van der Waals surface area (Å²) in [5.41, 5.74) is 5.07. The molecule has 0 aromatic carbocycles. The number of pyridine rings is 2. The summed E-state index contributed by atoms with van der Waals surface area (Å²) in [6.45, 7) is 5.63. The number of aliphatic imine (C=N–C) groups is 1. The van der Waals surface area contributed by atoms with Crippen molar-refractivity contribution in [1.29, 1.82) is 0 Å². The number of nitrogens with zero attached hydrogens (tertiary/aromatic N) is 4. The van der Waals surface area contributed by atoms with Crippen LogP contribution in [0.25, 0.3) is 0 Å². The molecular weight excluding hydrogens is 484 g/mol. The maximum atomic E-state index is 15.2. The summed E-state index contributed by atoms with van der Waals surface area (Å²) in [5.74, 6) is -1.67. The first-order chi connectivity index (χ1) is 15.9. The van der Waals surface area contributed by atoms with E-state index in [0.29, 0.717) is 13.0 Å². The molecule has 0 saturated heterocycles. The number of carbonyl (C=O) groups is 1. The summed E-state index contributed by atoms with van der Waals surface area (Å²) in [6.07, 6.45) is 2.72. The molecule has 0 bridgehead atoms. The Kier molecular flexibility index (Phi) is 6.27. The average Bonchev–Trinajstić information content (AvgIpc) is 2.97. The zero-order chi connectivity index (χ0) is 24.9. The van der Waals surface area contributed by atoms with Crippen molar-refractivity contribution < 1.29 is 17.8 Å². The van der Waals surface area contributed by atoms with Crippen LogP contribution in [0.15, 0.2) is 33.8 Å². The van der Waals surface area contributed by atoms with Crippen molar-refractivity contribution in [3.05, 3.63) is 58.1 Å². The van der Waals surface area contributed by atoms with Gasteiger partial charge in [-0.15, -0.1) is 0 Å². The van der Waals surface area contributed by atoms with Crippen molar-refractivity contribution in [3.8, 4) is 0 Å². The molecule has 4 heterocycles. The van der Waals surface area contributed by atoms with E-state index >= 15 is 4.39 Å². The maximum Gasteiger partial charge on any atom is 0.188 e. The van der Waals surface area contributed by atoms with E-state index in [1.54, 1.807) is 20.8 Å². The molecule has 3 atom stereocenters. The molecule has 0 fully saturated rings. The molecular formula is C23H26ClF2N5O2S. The molecule has 0 amide bonds. The first-order valence-corrected chi connectivity index (χ1v) is 12.9. The Bertz CT molecular complexity index is 1320. The van der Waals surface area contributed by atoms with Gasteiger partial charge in [-0.2, -0.15) is 0 Å². The average molecular weight is 510 g/mol. The fourth-order valence-corrected chi connectivity index (χ4v) is 8.11. The van der Waals surface area contributed by atoms with Crippen LogP contribution in [0.4, 0.5) is 8.78 Å². The van der Waals surface area contributed by atoms with E-state index in [9.17, 15) is 13.4 Å². The van der Waals surface area contributed by atoms with E-state index in [1.807, 2.05) is 0 Å². The van der Waals surface area contributed by atoms with E-state index in [-0.39, 0.29) is 34.4 Å². The Labute approximate surface area is 202 Å². The van der Waals surface area contributed by atoms with Gasteiger partial charge < -0.3 is 5.73 Å². The molecule has 0 aliphatic carbocycles. The van der Waals surface area contributed by atoms with E-state index < -0.39 is 42.7 Å².